The molecule has 0 saturated carbocycles. The minimum absolute atomic E-state index is 0.0725. The first-order valence-corrected chi connectivity index (χ1v) is 9.62. The molecule has 0 atom stereocenters. The highest BCUT2D eigenvalue weighted by molar-refractivity contribution is 7.13. The maximum atomic E-state index is 13.5. The van der Waals surface area contributed by atoms with E-state index >= 15 is 0 Å². The summed E-state index contributed by atoms with van der Waals surface area (Å²) >= 11 is 1.34. The van der Waals surface area contributed by atoms with Gasteiger partial charge >= 0.3 is 12.4 Å². The third-order valence-corrected chi connectivity index (χ3v) is 5.32. The Kier molecular flexibility index (Phi) is 5.08. The Bertz CT molecular complexity index is 1220. The Morgan fingerprint density at radius 2 is 1.52 bits per heavy atom. The topological polar surface area (TPSA) is 43.6 Å². The van der Waals surface area contributed by atoms with Crippen LogP contribution in [0.2, 0.25) is 0 Å². The Morgan fingerprint density at radius 3 is 2.10 bits per heavy atom. The number of aryl methyl sites for hydroxylation is 1. The predicted octanol–water partition coefficient (Wildman–Crippen LogP) is 6.40. The van der Waals surface area contributed by atoms with Gasteiger partial charge in [0.25, 0.3) is 0 Å². The zero-order valence-corrected chi connectivity index (χ0v) is 16.5. The Labute approximate surface area is 175 Å². The van der Waals surface area contributed by atoms with E-state index in [-0.39, 0.29) is 17.1 Å². The third kappa shape index (κ3) is 4.46. The molecule has 0 fully saturated rings. The van der Waals surface area contributed by atoms with Crippen molar-refractivity contribution in [2.24, 2.45) is 0 Å². The fourth-order valence-electron chi connectivity index (χ4n) is 2.82. The molecule has 160 valence electrons. The molecule has 4 aromatic rings. The largest absolute Gasteiger partial charge is 0.416 e. The highest BCUT2D eigenvalue weighted by Gasteiger charge is 2.33. The number of hydrogen-bond donors (Lipinski definition) is 0. The number of hydrogen-bond acceptors (Lipinski definition) is 4. The van der Waals surface area contributed by atoms with Crippen molar-refractivity contribution in [3.63, 3.8) is 0 Å². The molecule has 0 saturated heterocycles. The molecule has 11 heteroatoms. The number of halogens is 6. The summed E-state index contributed by atoms with van der Waals surface area (Å²) < 4.78 is 80.1. The van der Waals surface area contributed by atoms with Crippen LogP contribution in [0.5, 0.6) is 0 Å². The molecule has 0 aliphatic carbocycles. The van der Waals surface area contributed by atoms with E-state index < -0.39 is 23.5 Å². The second-order valence-corrected chi connectivity index (χ2v) is 7.49. The van der Waals surface area contributed by atoms with Gasteiger partial charge < -0.3 is 0 Å². The van der Waals surface area contributed by atoms with Gasteiger partial charge in [-0.15, -0.1) is 11.3 Å². The molecule has 0 spiro atoms. The van der Waals surface area contributed by atoms with Gasteiger partial charge in [-0.3, -0.25) is 4.57 Å². The van der Waals surface area contributed by atoms with Crippen LogP contribution in [0.3, 0.4) is 0 Å². The molecule has 0 unspecified atom stereocenters. The van der Waals surface area contributed by atoms with Crippen molar-refractivity contribution in [3.05, 3.63) is 71.1 Å². The third-order valence-electron chi connectivity index (χ3n) is 4.33. The molecule has 3 heterocycles. The van der Waals surface area contributed by atoms with Gasteiger partial charge in [-0.25, -0.2) is 15.0 Å². The van der Waals surface area contributed by atoms with E-state index in [1.54, 1.807) is 0 Å². The fourth-order valence-corrected chi connectivity index (χ4v) is 3.58. The number of benzene rings is 1. The van der Waals surface area contributed by atoms with E-state index in [1.807, 2.05) is 12.3 Å². The summed E-state index contributed by atoms with van der Waals surface area (Å²) in [6.45, 7) is 1.81. The molecule has 0 N–H and O–H groups in total. The van der Waals surface area contributed by atoms with Crippen LogP contribution in [-0.4, -0.2) is 19.5 Å². The van der Waals surface area contributed by atoms with Gasteiger partial charge in [0.15, 0.2) is 0 Å². The second-order valence-electron chi connectivity index (χ2n) is 6.63. The monoisotopic (exact) mass is 454 g/mol. The Hall–Kier alpha value is -3.21. The van der Waals surface area contributed by atoms with Gasteiger partial charge in [-0.05, 0) is 31.2 Å². The summed E-state index contributed by atoms with van der Waals surface area (Å²) in [5, 5.41) is 2.42. The van der Waals surface area contributed by atoms with Crippen LogP contribution in [-0.2, 0) is 12.4 Å². The van der Waals surface area contributed by atoms with E-state index in [0.717, 1.165) is 42.1 Å². The second kappa shape index (κ2) is 7.49. The summed E-state index contributed by atoms with van der Waals surface area (Å²) in [5.41, 5.74) is -0.617. The average molecular weight is 454 g/mol. The molecule has 4 nitrogen and oxygen atoms in total. The molecule has 0 aliphatic rings. The van der Waals surface area contributed by atoms with E-state index in [1.165, 1.54) is 28.4 Å². The molecule has 0 amide bonds. The highest BCUT2D eigenvalue weighted by Crippen LogP contribution is 2.35. The quantitative estimate of drug-likeness (QED) is 0.336. The first-order chi connectivity index (χ1) is 14.5. The molecule has 0 radical (unpaired) electrons. The number of imidazole rings is 1. The maximum absolute atomic E-state index is 13.5. The van der Waals surface area contributed by atoms with Gasteiger partial charge in [0.2, 0.25) is 0 Å². The van der Waals surface area contributed by atoms with E-state index in [2.05, 4.69) is 15.0 Å². The van der Waals surface area contributed by atoms with Crippen LogP contribution in [0.15, 0.2) is 54.3 Å². The standard InChI is InChI=1S/C20H12F6N4S/c1-11-9-31-18(28-11)16-8-30(10-27-16)17-7-14(20(24,25)26)6-15(29-17)12-2-4-13(5-3-12)19(21,22)23/h2-10H,1H3. The van der Waals surface area contributed by atoms with Crippen molar-refractivity contribution in [3.8, 4) is 27.8 Å². The van der Waals surface area contributed by atoms with Crippen LogP contribution in [0, 0.1) is 6.92 Å². The summed E-state index contributed by atoms with van der Waals surface area (Å²) in [6.07, 6.45) is -6.41. The summed E-state index contributed by atoms with van der Waals surface area (Å²) in [4.78, 5) is 12.7. The Balaban J connectivity index is 1.78. The lowest BCUT2D eigenvalue weighted by Gasteiger charge is -2.13. The first-order valence-electron chi connectivity index (χ1n) is 8.74. The minimum Gasteiger partial charge on any atom is -0.290 e. The summed E-state index contributed by atoms with van der Waals surface area (Å²) in [5.74, 6) is -0.0725. The number of aromatic nitrogens is 4. The summed E-state index contributed by atoms with van der Waals surface area (Å²) in [6, 6.07) is 5.44. The first kappa shape index (κ1) is 21.0. The van der Waals surface area contributed by atoms with Crippen LogP contribution in [0.1, 0.15) is 16.8 Å². The van der Waals surface area contributed by atoms with Crippen LogP contribution >= 0.6 is 11.3 Å². The lowest BCUT2D eigenvalue weighted by atomic mass is 10.1. The van der Waals surface area contributed by atoms with Crippen molar-refractivity contribution in [1.82, 2.24) is 19.5 Å². The number of rotatable bonds is 3. The van der Waals surface area contributed by atoms with Gasteiger partial charge in [0.1, 0.15) is 22.8 Å². The lowest BCUT2D eigenvalue weighted by Crippen LogP contribution is -2.08. The fraction of sp³-hybridized carbons (Fsp3) is 0.150. The minimum atomic E-state index is -4.67. The molecule has 0 bridgehead atoms. The van der Waals surface area contributed by atoms with E-state index in [0.29, 0.717) is 10.7 Å². The number of nitrogens with zero attached hydrogens (tertiary/aromatic N) is 4. The average Bonchev–Trinajstić information content (AvgIpc) is 3.35. The van der Waals surface area contributed by atoms with Crippen molar-refractivity contribution < 1.29 is 26.3 Å². The highest BCUT2D eigenvalue weighted by atomic mass is 32.1. The smallest absolute Gasteiger partial charge is 0.290 e. The SMILES string of the molecule is Cc1csc(-c2cn(-c3cc(C(F)(F)F)cc(-c4ccc(C(F)(F)F)cc4)n3)cn2)n1. The molecular formula is C20H12F6N4S. The zero-order valence-electron chi connectivity index (χ0n) is 15.7. The van der Waals surface area contributed by atoms with Gasteiger partial charge in [0.05, 0.1) is 16.8 Å². The predicted molar refractivity (Wildman–Crippen MR) is 103 cm³/mol. The van der Waals surface area contributed by atoms with Crippen molar-refractivity contribution in [2.75, 3.05) is 0 Å². The lowest BCUT2D eigenvalue weighted by molar-refractivity contribution is -0.138. The van der Waals surface area contributed by atoms with Crippen molar-refractivity contribution in [1.29, 1.82) is 0 Å². The normalized spacial score (nSPS) is 12.4. The Morgan fingerprint density at radius 1 is 0.839 bits per heavy atom. The number of alkyl halides is 6. The van der Waals surface area contributed by atoms with Crippen molar-refractivity contribution >= 4 is 11.3 Å². The molecule has 1 aromatic carbocycles. The van der Waals surface area contributed by atoms with E-state index in [9.17, 15) is 26.3 Å². The molecule has 31 heavy (non-hydrogen) atoms. The van der Waals surface area contributed by atoms with Gasteiger partial charge in [-0.2, -0.15) is 26.3 Å². The molecule has 4 rings (SSSR count). The molecular weight excluding hydrogens is 442 g/mol. The van der Waals surface area contributed by atoms with E-state index in [4.69, 9.17) is 0 Å². The number of pyridine rings is 1. The molecule has 3 aromatic heterocycles. The zero-order chi connectivity index (χ0) is 22.4. The van der Waals surface area contributed by atoms with Crippen LogP contribution in [0.4, 0.5) is 26.3 Å². The van der Waals surface area contributed by atoms with Crippen LogP contribution in [0.25, 0.3) is 27.8 Å². The van der Waals surface area contributed by atoms with Gasteiger partial charge in [-0.1, -0.05) is 12.1 Å². The van der Waals surface area contributed by atoms with Gasteiger partial charge in [0, 0.05) is 22.8 Å². The van der Waals surface area contributed by atoms with Crippen molar-refractivity contribution in [2.45, 2.75) is 19.3 Å². The number of thiazole rings is 1. The summed E-state index contributed by atoms with van der Waals surface area (Å²) in [7, 11) is 0. The van der Waals surface area contributed by atoms with Crippen LogP contribution < -0.4 is 0 Å². The maximum Gasteiger partial charge on any atom is 0.416 e. The molecule has 0 aliphatic heterocycles.